The molecular weight excluding hydrogens is 291 g/mol. The highest BCUT2D eigenvalue weighted by Gasteiger charge is 2.27. The van der Waals surface area contributed by atoms with Gasteiger partial charge < -0.3 is 4.90 Å². The molecule has 0 aliphatic heterocycles. The highest BCUT2D eigenvalue weighted by Crippen LogP contribution is 2.27. The van der Waals surface area contributed by atoms with Crippen LogP contribution in [0.2, 0.25) is 0 Å². The summed E-state index contributed by atoms with van der Waals surface area (Å²) in [5.74, 6) is 0.518. The van der Waals surface area contributed by atoms with E-state index in [9.17, 15) is 9.18 Å². The quantitative estimate of drug-likeness (QED) is 0.822. The summed E-state index contributed by atoms with van der Waals surface area (Å²) in [5, 5.41) is 0. The average molecular weight is 320 g/mol. The lowest BCUT2D eigenvalue weighted by atomic mass is 9.85. The van der Waals surface area contributed by atoms with E-state index in [2.05, 4.69) is 18.9 Å². The Labute approximate surface area is 139 Å². The van der Waals surface area contributed by atoms with E-state index >= 15 is 0 Å². The van der Waals surface area contributed by atoms with Crippen LogP contribution in [0.15, 0.2) is 24.3 Å². The Balaban J connectivity index is 1.94. The number of halogens is 1. The van der Waals surface area contributed by atoms with Crippen LogP contribution in [0.3, 0.4) is 0 Å². The van der Waals surface area contributed by atoms with Crippen LogP contribution in [0.1, 0.15) is 51.1 Å². The first kappa shape index (κ1) is 17.9. The lowest BCUT2D eigenvalue weighted by molar-refractivity contribution is -0.133. The second kappa shape index (κ2) is 7.91. The average Bonchev–Trinajstić information content (AvgIpc) is 2.54. The van der Waals surface area contributed by atoms with E-state index in [0.29, 0.717) is 18.5 Å². The number of carbonyl (C=O) groups excluding carboxylic acids is 1. The van der Waals surface area contributed by atoms with Gasteiger partial charge in [0.05, 0.1) is 12.6 Å². The highest BCUT2D eigenvalue weighted by atomic mass is 19.1. The summed E-state index contributed by atoms with van der Waals surface area (Å²) in [6, 6.07) is 6.83. The summed E-state index contributed by atoms with van der Waals surface area (Å²) in [5.41, 5.74) is 0.955. The monoisotopic (exact) mass is 320 g/mol. The maximum absolute atomic E-state index is 13.0. The second-order valence-corrected chi connectivity index (χ2v) is 6.98. The molecule has 1 saturated carbocycles. The first-order valence-corrected chi connectivity index (χ1v) is 8.61. The predicted molar refractivity (Wildman–Crippen MR) is 91.6 cm³/mol. The number of benzene rings is 1. The smallest absolute Gasteiger partial charge is 0.236 e. The van der Waals surface area contributed by atoms with Crippen LogP contribution in [0, 0.1) is 11.7 Å². The van der Waals surface area contributed by atoms with Crippen molar-refractivity contribution in [3.8, 4) is 0 Å². The van der Waals surface area contributed by atoms with Gasteiger partial charge in [0.1, 0.15) is 5.82 Å². The molecule has 128 valence electrons. The molecule has 0 heterocycles. The molecule has 4 heteroatoms. The zero-order chi connectivity index (χ0) is 17.0. The van der Waals surface area contributed by atoms with Crippen LogP contribution in [0.25, 0.3) is 0 Å². The molecule has 3 unspecified atom stereocenters. The summed E-state index contributed by atoms with van der Waals surface area (Å²) in [7, 11) is 3.88. The Kier molecular flexibility index (Phi) is 6.17. The van der Waals surface area contributed by atoms with E-state index in [1.54, 1.807) is 17.0 Å². The molecule has 0 spiro atoms. The van der Waals surface area contributed by atoms with Gasteiger partial charge in [-0.25, -0.2) is 4.39 Å². The molecule has 1 fully saturated rings. The first-order valence-electron chi connectivity index (χ1n) is 8.61. The zero-order valence-electron chi connectivity index (χ0n) is 14.8. The van der Waals surface area contributed by atoms with Crippen LogP contribution < -0.4 is 0 Å². The number of hydrogen-bond acceptors (Lipinski definition) is 2. The highest BCUT2D eigenvalue weighted by molar-refractivity contribution is 5.78. The summed E-state index contributed by atoms with van der Waals surface area (Å²) < 4.78 is 13.0. The van der Waals surface area contributed by atoms with Crippen molar-refractivity contribution in [1.29, 1.82) is 0 Å². The third kappa shape index (κ3) is 4.54. The molecule has 0 aromatic heterocycles. The maximum atomic E-state index is 13.0. The summed E-state index contributed by atoms with van der Waals surface area (Å²) in [4.78, 5) is 16.6. The fourth-order valence-electron chi connectivity index (χ4n) is 3.57. The van der Waals surface area contributed by atoms with Crippen molar-refractivity contribution in [2.24, 2.45) is 5.92 Å². The Hall–Kier alpha value is -1.42. The van der Waals surface area contributed by atoms with Crippen LogP contribution in [-0.2, 0) is 4.79 Å². The number of carbonyl (C=O) groups is 1. The molecule has 1 aliphatic carbocycles. The van der Waals surface area contributed by atoms with E-state index in [4.69, 9.17) is 0 Å². The van der Waals surface area contributed by atoms with Crippen molar-refractivity contribution in [3.05, 3.63) is 35.6 Å². The molecule has 1 aromatic rings. The van der Waals surface area contributed by atoms with Gasteiger partial charge in [-0.05, 0) is 50.4 Å². The van der Waals surface area contributed by atoms with Crippen molar-refractivity contribution in [2.75, 3.05) is 20.6 Å². The third-order valence-electron chi connectivity index (χ3n) is 5.34. The Morgan fingerprint density at radius 3 is 2.43 bits per heavy atom. The van der Waals surface area contributed by atoms with Crippen molar-refractivity contribution in [3.63, 3.8) is 0 Å². The molecule has 3 atom stereocenters. The number of rotatable bonds is 5. The topological polar surface area (TPSA) is 23.6 Å². The van der Waals surface area contributed by atoms with Gasteiger partial charge in [0.15, 0.2) is 0 Å². The molecular formula is C19H29FN2O. The van der Waals surface area contributed by atoms with Crippen LogP contribution >= 0.6 is 0 Å². The van der Waals surface area contributed by atoms with E-state index in [1.165, 1.54) is 37.8 Å². The normalized spacial score (nSPS) is 22.9. The number of hydrogen-bond donors (Lipinski definition) is 0. The van der Waals surface area contributed by atoms with Gasteiger partial charge in [-0.1, -0.05) is 31.9 Å². The molecule has 3 nitrogen and oxygen atoms in total. The minimum atomic E-state index is -0.249. The Bertz CT molecular complexity index is 517. The van der Waals surface area contributed by atoms with Crippen LogP contribution in [0.4, 0.5) is 4.39 Å². The van der Waals surface area contributed by atoms with Gasteiger partial charge in [0.2, 0.25) is 5.91 Å². The van der Waals surface area contributed by atoms with Gasteiger partial charge in [-0.15, -0.1) is 0 Å². The van der Waals surface area contributed by atoms with E-state index < -0.39 is 0 Å². The van der Waals surface area contributed by atoms with E-state index in [-0.39, 0.29) is 17.8 Å². The van der Waals surface area contributed by atoms with Gasteiger partial charge in [-0.3, -0.25) is 9.69 Å². The first-order chi connectivity index (χ1) is 10.9. The van der Waals surface area contributed by atoms with E-state index in [1.807, 2.05) is 14.0 Å². The minimum absolute atomic E-state index is 0.0553. The Morgan fingerprint density at radius 2 is 1.83 bits per heavy atom. The summed E-state index contributed by atoms with van der Waals surface area (Å²) in [6.45, 7) is 4.71. The fourth-order valence-corrected chi connectivity index (χ4v) is 3.57. The molecule has 0 N–H and O–H groups in total. The van der Waals surface area contributed by atoms with Crippen molar-refractivity contribution in [1.82, 2.24) is 9.80 Å². The second-order valence-electron chi connectivity index (χ2n) is 6.98. The number of amides is 1. The zero-order valence-corrected chi connectivity index (χ0v) is 14.8. The number of nitrogens with zero attached hydrogens (tertiary/aromatic N) is 2. The molecule has 1 aromatic carbocycles. The minimum Gasteiger partial charge on any atom is -0.338 e. The molecule has 0 bridgehead atoms. The number of likely N-dealkylation sites (N-methyl/N-ethyl adjacent to an activating group) is 2. The summed E-state index contributed by atoms with van der Waals surface area (Å²) >= 11 is 0. The molecule has 1 amide bonds. The largest absolute Gasteiger partial charge is 0.338 e. The van der Waals surface area contributed by atoms with Crippen LogP contribution in [0.5, 0.6) is 0 Å². The SMILES string of the molecule is CC1CCCCC1N(C)CC(=O)N(C)C(C)c1ccc(F)cc1. The van der Waals surface area contributed by atoms with Crippen molar-refractivity contribution < 1.29 is 9.18 Å². The molecule has 0 radical (unpaired) electrons. The molecule has 23 heavy (non-hydrogen) atoms. The third-order valence-corrected chi connectivity index (χ3v) is 5.34. The van der Waals surface area contributed by atoms with Gasteiger partial charge in [0.25, 0.3) is 0 Å². The van der Waals surface area contributed by atoms with Crippen LogP contribution in [-0.4, -0.2) is 42.4 Å². The Morgan fingerprint density at radius 1 is 1.22 bits per heavy atom. The maximum Gasteiger partial charge on any atom is 0.236 e. The predicted octanol–water partition coefficient (Wildman–Crippen LogP) is 3.86. The fraction of sp³-hybridized carbons (Fsp3) is 0.632. The lowest BCUT2D eigenvalue weighted by Gasteiger charge is -2.37. The van der Waals surface area contributed by atoms with Gasteiger partial charge >= 0.3 is 0 Å². The van der Waals surface area contributed by atoms with Gasteiger partial charge in [0, 0.05) is 13.1 Å². The summed E-state index contributed by atoms with van der Waals surface area (Å²) in [6.07, 6.45) is 5.00. The van der Waals surface area contributed by atoms with Crippen molar-refractivity contribution >= 4 is 5.91 Å². The molecule has 0 saturated heterocycles. The van der Waals surface area contributed by atoms with Crippen molar-refractivity contribution in [2.45, 2.75) is 51.6 Å². The molecule has 2 rings (SSSR count). The van der Waals surface area contributed by atoms with E-state index in [0.717, 1.165) is 5.56 Å². The standard InChI is InChI=1S/C19H29FN2O/c1-14-7-5-6-8-18(14)21(3)13-19(23)22(4)15(2)16-9-11-17(20)12-10-16/h9-12,14-15,18H,5-8,13H2,1-4H3. The molecule has 1 aliphatic rings. The lowest BCUT2D eigenvalue weighted by Crippen LogP contribution is -2.45. The van der Waals surface area contributed by atoms with Gasteiger partial charge in [-0.2, -0.15) is 0 Å².